The van der Waals surface area contributed by atoms with Gasteiger partial charge in [-0.2, -0.15) is 0 Å². The van der Waals surface area contributed by atoms with Crippen LogP contribution in [0.5, 0.6) is 5.75 Å². The molecule has 2 aromatic heterocycles. The molecule has 0 unspecified atom stereocenters. The minimum Gasteiger partial charge on any atom is -0.501 e. The summed E-state index contributed by atoms with van der Waals surface area (Å²) in [5, 5.41) is 10.7. The van der Waals surface area contributed by atoms with Crippen LogP contribution in [0, 0.1) is 0 Å². The topological polar surface area (TPSA) is 84.4 Å². The van der Waals surface area contributed by atoms with Crippen LogP contribution in [-0.4, -0.2) is 19.6 Å². The zero-order valence-corrected chi connectivity index (χ0v) is 17.8. The lowest BCUT2D eigenvalue weighted by atomic mass is 9.98. The third kappa shape index (κ3) is 3.01. The van der Waals surface area contributed by atoms with Gasteiger partial charge in [0.1, 0.15) is 5.52 Å². The molecule has 0 radical (unpaired) electrons. The van der Waals surface area contributed by atoms with Crippen molar-refractivity contribution in [2.24, 2.45) is 7.05 Å². The molecule has 1 atom stereocenters. The predicted molar refractivity (Wildman–Crippen MR) is 125 cm³/mol. The second-order valence-corrected chi connectivity index (χ2v) is 8.10. The van der Waals surface area contributed by atoms with Crippen LogP contribution in [0.1, 0.15) is 22.7 Å². The summed E-state index contributed by atoms with van der Waals surface area (Å²) in [6.07, 6.45) is 0. The number of nitrogens with zero attached hydrogens (tertiary/aromatic N) is 4. The van der Waals surface area contributed by atoms with Crippen molar-refractivity contribution in [1.82, 2.24) is 14.5 Å². The number of aromatic nitrogens is 3. The van der Waals surface area contributed by atoms with Gasteiger partial charge in [0.05, 0.1) is 6.04 Å². The summed E-state index contributed by atoms with van der Waals surface area (Å²) >= 11 is 0. The Balaban J connectivity index is 1.55. The van der Waals surface area contributed by atoms with Crippen molar-refractivity contribution >= 4 is 17.0 Å². The maximum absolute atomic E-state index is 13.0. The first kappa shape index (κ1) is 19.3. The third-order valence-electron chi connectivity index (χ3n) is 6.11. The van der Waals surface area contributed by atoms with E-state index in [0.717, 1.165) is 16.7 Å². The molecule has 7 nitrogen and oxygen atoms in total. The van der Waals surface area contributed by atoms with Gasteiger partial charge < -0.3 is 14.4 Å². The quantitative estimate of drug-likeness (QED) is 0.451. The summed E-state index contributed by atoms with van der Waals surface area (Å²) in [5.41, 5.74) is 4.09. The van der Waals surface area contributed by atoms with Gasteiger partial charge in [0.25, 0.3) is 11.4 Å². The molecule has 0 aliphatic carbocycles. The van der Waals surface area contributed by atoms with E-state index in [4.69, 9.17) is 9.40 Å². The van der Waals surface area contributed by atoms with Crippen molar-refractivity contribution in [1.29, 1.82) is 0 Å². The van der Waals surface area contributed by atoms with Crippen molar-refractivity contribution in [3.63, 3.8) is 0 Å². The standard InChI is InChI=1S/C26H20N4O3/c1-29-25(32)23(31)21(24-27-19-13-7-8-14-20(19)33-24)28-26(29)30-15-17-11-5-6-12-18(17)22(30)16-9-3-2-4-10-16/h2-14,22,31H,15H2,1H3/t22-/m0/s1. The molecular formula is C26H20N4O3. The predicted octanol–water partition coefficient (Wildman–Crippen LogP) is 4.40. The lowest BCUT2D eigenvalue weighted by molar-refractivity contribution is 0.455. The Morgan fingerprint density at radius 3 is 2.48 bits per heavy atom. The monoisotopic (exact) mass is 436 g/mol. The molecular weight excluding hydrogens is 416 g/mol. The lowest BCUT2D eigenvalue weighted by Crippen LogP contribution is -2.31. The molecule has 0 fully saturated rings. The van der Waals surface area contributed by atoms with Crippen LogP contribution in [0.3, 0.4) is 0 Å². The van der Waals surface area contributed by atoms with Crippen molar-refractivity contribution in [2.75, 3.05) is 4.90 Å². The molecule has 0 saturated heterocycles. The minimum atomic E-state index is -0.556. The number of anilines is 1. The van der Waals surface area contributed by atoms with Crippen molar-refractivity contribution < 1.29 is 9.52 Å². The van der Waals surface area contributed by atoms with Gasteiger partial charge in [-0.1, -0.05) is 66.7 Å². The van der Waals surface area contributed by atoms with E-state index < -0.39 is 11.3 Å². The number of hydrogen-bond donors (Lipinski definition) is 1. The highest BCUT2D eigenvalue weighted by Gasteiger charge is 2.34. The highest BCUT2D eigenvalue weighted by atomic mass is 16.4. The normalized spacial score (nSPS) is 15.2. The van der Waals surface area contributed by atoms with Gasteiger partial charge in [-0.05, 0) is 28.8 Å². The minimum absolute atomic E-state index is 0.0343. The van der Waals surface area contributed by atoms with Crippen LogP contribution < -0.4 is 10.5 Å². The average Bonchev–Trinajstić information content (AvgIpc) is 3.45. The fourth-order valence-electron chi connectivity index (χ4n) is 4.53. The largest absolute Gasteiger partial charge is 0.501 e. The first-order valence-electron chi connectivity index (χ1n) is 10.7. The smallest absolute Gasteiger partial charge is 0.297 e. The summed E-state index contributed by atoms with van der Waals surface area (Å²) in [4.78, 5) is 24.3. The molecule has 3 aromatic carbocycles. The number of para-hydroxylation sites is 2. The summed E-state index contributed by atoms with van der Waals surface area (Å²) < 4.78 is 7.20. The number of fused-ring (bicyclic) bond motifs is 2. The van der Waals surface area contributed by atoms with Crippen LogP contribution >= 0.6 is 0 Å². The Labute approximate surface area is 189 Å². The molecule has 1 aliphatic heterocycles. The van der Waals surface area contributed by atoms with Crippen molar-refractivity contribution in [2.45, 2.75) is 12.6 Å². The molecule has 0 amide bonds. The van der Waals surface area contributed by atoms with E-state index in [-0.39, 0.29) is 17.6 Å². The van der Waals surface area contributed by atoms with E-state index in [9.17, 15) is 9.90 Å². The van der Waals surface area contributed by atoms with E-state index in [1.807, 2.05) is 48.5 Å². The van der Waals surface area contributed by atoms with Gasteiger partial charge in [0.2, 0.25) is 11.7 Å². The molecule has 5 aromatic rings. The second kappa shape index (κ2) is 7.34. The number of rotatable bonds is 3. The molecule has 0 spiro atoms. The zero-order valence-electron chi connectivity index (χ0n) is 17.8. The van der Waals surface area contributed by atoms with Crippen LogP contribution in [0.15, 0.2) is 88.1 Å². The molecule has 1 aliphatic rings. The summed E-state index contributed by atoms with van der Waals surface area (Å²) in [6.45, 7) is 0.577. The molecule has 1 N–H and O–H groups in total. The Kier molecular flexibility index (Phi) is 4.29. The second-order valence-electron chi connectivity index (χ2n) is 8.10. The number of oxazole rings is 1. The highest BCUT2D eigenvalue weighted by molar-refractivity contribution is 5.76. The zero-order chi connectivity index (χ0) is 22.5. The van der Waals surface area contributed by atoms with E-state index in [0.29, 0.717) is 23.6 Å². The van der Waals surface area contributed by atoms with Crippen LogP contribution in [0.2, 0.25) is 0 Å². The van der Waals surface area contributed by atoms with E-state index in [2.05, 4.69) is 34.1 Å². The Morgan fingerprint density at radius 1 is 0.939 bits per heavy atom. The Hall–Kier alpha value is -4.39. The highest BCUT2D eigenvalue weighted by Crippen LogP contribution is 2.41. The molecule has 33 heavy (non-hydrogen) atoms. The van der Waals surface area contributed by atoms with Crippen LogP contribution in [0.25, 0.3) is 22.7 Å². The maximum Gasteiger partial charge on any atom is 0.297 e. The number of hydrogen-bond acceptors (Lipinski definition) is 6. The lowest BCUT2D eigenvalue weighted by Gasteiger charge is -2.28. The first-order valence-corrected chi connectivity index (χ1v) is 10.7. The Bertz CT molecular complexity index is 1520. The van der Waals surface area contributed by atoms with Gasteiger partial charge in [-0.25, -0.2) is 9.97 Å². The fourth-order valence-corrected chi connectivity index (χ4v) is 4.53. The average molecular weight is 436 g/mol. The van der Waals surface area contributed by atoms with E-state index >= 15 is 0 Å². The SMILES string of the molecule is Cn1c(N2Cc3ccccc3[C@@H]2c2ccccc2)nc(-c2nc3ccccc3o2)c(O)c1=O. The fraction of sp³-hybridized carbons (Fsp3) is 0.115. The van der Waals surface area contributed by atoms with Gasteiger partial charge >= 0.3 is 0 Å². The summed E-state index contributed by atoms with van der Waals surface area (Å²) in [6, 6.07) is 25.5. The van der Waals surface area contributed by atoms with Gasteiger partial charge in [-0.15, -0.1) is 0 Å². The molecule has 7 heteroatoms. The molecule has 0 bridgehead atoms. The number of aromatic hydroxyl groups is 1. The maximum atomic E-state index is 13.0. The van der Waals surface area contributed by atoms with Gasteiger partial charge in [0, 0.05) is 13.6 Å². The van der Waals surface area contributed by atoms with Crippen molar-refractivity contribution in [3.05, 3.63) is 106 Å². The molecule has 6 rings (SSSR count). The van der Waals surface area contributed by atoms with E-state index in [1.54, 1.807) is 13.1 Å². The number of benzene rings is 3. The Morgan fingerprint density at radius 2 is 1.67 bits per heavy atom. The van der Waals surface area contributed by atoms with E-state index in [1.165, 1.54) is 4.57 Å². The van der Waals surface area contributed by atoms with Gasteiger partial charge in [-0.3, -0.25) is 9.36 Å². The first-order chi connectivity index (χ1) is 16.1. The molecule has 0 saturated carbocycles. The summed E-state index contributed by atoms with van der Waals surface area (Å²) in [7, 11) is 1.62. The summed E-state index contributed by atoms with van der Waals surface area (Å²) in [5.74, 6) is 0.0570. The van der Waals surface area contributed by atoms with Crippen LogP contribution in [0.4, 0.5) is 5.95 Å². The van der Waals surface area contributed by atoms with Crippen LogP contribution in [-0.2, 0) is 13.6 Å². The van der Waals surface area contributed by atoms with Gasteiger partial charge in [0.15, 0.2) is 11.3 Å². The molecule has 162 valence electrons. The van der Waals surface area contributed by atoms with Crippen molar-refractivity contribution in [3.8, 4) is 17.3 Å². The third-order valence-corrected chi connectivity index (χ3v) is 6.11. The molecule has 3 heterocycles.